The monoisotopic (exact) mass is 1910 g/mol. The molecule has 0 aliphatic carbocycles. The highest BCUT2D eigenvalue weighted by Gasteiger charge is 2.30. The van der Waals surface area contributed by atoms with Gasteiger partial charge in [0, 0.05) is 218 Å². The number of Topliss-reactive ketones (excluding diaryl/α,β-unsaturated/α-hetero) is 2. The van der Waals surface area contributed by atoms with E-state index >= 15 is 0 Å². The second-order valence-corrected chi connectivity index (χ2v) is 41.5. The van der Waals surface area contributed by atoms with Crippen LogP contribution in [0.5, 0.6) is 0 Å². The first-order valence-electron chi connectivity index (χ1n) is 51.1. The molecule has 0 saturated carbocycles. The summed E-state index contributed by atoms with van der Waals surface area (Å²) in [6, 6.07) is 52.6. The molecule has 142 heavy (non-hydrogen) atoms. The first-order valence-corrected chi connectivity index (χ1v) is 51.1. The molecule has 4 N–H and O–H groups in total. The molecule has 0 radical (unpaired) electrons. The summed E-state index contributed by atoms with van der Waals surface area (Å²) in [6.07, 6.45) is 21.9. The summed E-state index contributed by atoms with van der Waals surface area (Å²) < 4.78 is 24.5. The lowest BCUT2D eigenvalue weighted by Gasteiger charge is -2.25. The predicted molar refractivity (Wildman–Crippen MR) is 587 cm³/mol. The number of ketones is 2. The van der Waals surface area contributed by atoms with Crippen LogP contribution < -0.4 is 11.1 Å². The Labute approximate surface area is 836 Å². The summed E-state index contributed by atoms with van der Waals surface area (Å²) in [5.74, 6) is 2.61. The minimum atomic E-state index is -0.475. The second-order valence-electron chi connectivity index (χ2n) is 41.5. The predicted octanol–water partition coefficient (Wildman–Crippen LogP) is 27.8. The first kappa shape index (κ1) is 105. The maximum Gasteiger partial charge on any atom is 0.407 e. The number of rotatable bonds is 28. The van der Waals surface area contributed by atoms with E-state index in [4.69, 9.17) is 15.0 Å². The van der Waals surface area contributed by atoms with Gasteiger partial charge in [0.25, 0.3) is 0 Å². The van der Waals surface area contributed by atoms with Gasteiger partial charge in [0.1, 0.15) is 17.2 Å². The maximum absolute atomic E-state index is 12.9. The van der Waals surface area contributed by atoms with Crippen molar-refractivity contribution in [2.75, 3.05) is 6.54 Å². The van der Waals surface area contributed by atoms with Crippen LogP contribution in [0.1, 0.15) is 226 Å². The maximum atomic E-state index is 12.9. The number of benzene rings is 6. The highest BCUT2D eigenvalue weighted by molar-refractivity contribution is 6.13. The Morgan fingerprint density at radius 3 is 1.01 bits per heavy atom. The highest BCUT2D eigenvalue weighted by Crippen LogP contribution is 2.40. The number of nitrogens with two attached hydrogens (primary N) is 1. The molecular formula is C120H148N16O6. The van der Waals surface area contributed by atoms with Crippen LogP contribution in [0, 0.1) is 107 Å². The number of nitrogens with zero attached hydrogens (tertiary/aromatic N) is 14. The zero-order valence-corrected chi connectivity index (χ0v) is 88.4. The van der Waals surface area contributed by atoms with Crippen molar-refractivity contribution >= 4 is 148 Å². The Morgan fingerprint density at radius 1 is 0.401 bits per heavy atom. The number of aliphatic hydroxyl groups is 1. The Morgan fingerprint density at radius 2 is 0.711 bits per heavy atom. The molecule has 13 heterocycles. The van der Waals surface area contributed by atoms with Crippen molar-refractivity contribution in [3.63, 3.8) is 0 Å². The fraction of sp³-hybridized carbons (Fsp3) is 0.408. The summed E-state index contributed by atoms with van der Waals surface area (Å²) in [6.45, 7) is 54.7. The number of hydrogen-bond donors (Lipinski definition) is 3. The van der Waals surface area contributed by atoms with Crippen molar-refractivity contribution < 1.29 is 28.8 Å². The average Bonchev–Trinajstić information content (AvgIpc) is 1.61. The van der Waals surface area contributed by atoms with Crippen LogP contribution in [-0.2, 0) is 60.0 Å². The van der Waals surface area contributed by atoms with Crippen LogP contribution >= 0.6 is 0 Å². The van der Waals surface area contributed by atoms with Gasteiger partial charge in [-0.1, -0.05) is 125 Å². The fourth-order valence-electron chi connectivity index (χ4n) is 20.3. The van der Waals surface area contributed by atoms with Crippen molar-refractivity contribution in [2.45, 2.75) is 300 Å². The van der Waals surface area contributed by atoms with Crippen LogP contribution in [0.4, 0.5) is 4.79 Å². The minimum Gasteiger partial charge on any atom is -0.444 e. The largest absolute Gasteiger partial charge is 0.444 e. The molecule has 0 aliphatic heterocycles. The van der Waals surface area contributed by atoms with E-state index in [9.17, 15) is 19.5 Å². The van der Waals surface area contributed by atoms with E-state index in [1.54, 1.807) is 6.92 Å². The third-order valence-electron chi connectivity index (χ3n) is 27.8. The molecule has 13 aromatic heterocycles. The summed E-state index contributed by atoms with van der Waals surface area (Å²) in [5.41, 5.74) is 33.9. The highest BCUT2D eigenvalue weighted by atomic mass is 16.6. The number of fused-ring (bicyclic) bond motifs is 18. The molecule has 1 amide bonds. The van der Waals surface area contributed by atoms with Gasteiger partial charge in [-0.3, -0.25) is 39.5 Å². The van der Waals surface area contributed by atoms with Crippen LogP contribution in [-0.4, -0.2) is 115 Å². The quantitative estimate of drug-likeness (QED) is 0.0385. The number of carbonyl (C=O) groups is 3. The Balaban J connectivity index is 0.000000136. The number of amides is 1. The van der Waals surface area contributed by atoms with Gasteiger partial charge in [-0.25, -0.2) is 4.79 Å². The van der Waals surface area contributed by atoms with Crippen molar-refractivity contribution in [3.05, 3.63) is 262 Å². The second kappa shape index (κ2) is 45.7. The zero-order valence-electron chi connectivity index (χ0n) is 88.4. The van der Waals surface area contributed by atoms with Gasteiger partial charge in [0.05, 0.1) is 73.4 Å². The van der Waals surface area contributed by atoms with E-state index in [2.05, 4.69) is 329 Å². The smallest absolute Gasteiger partial charge is 0.407 e. The molecule has 19 aromatic rings. The van der Waals surface area contributed by atoms with Gasteiger partial charge in [0.2, 0.25) is 5.89 Å². The third-order valence-corrected chi connectivity index (χ3v) is 27.8. The van der Waals surface area contributed by atoms with Gasteiger partial charge in [-0.2, -0.15) is 4.98 Å². The number of aliphatic hydroxyl groups excluding tert-OH is 1. The van der Waals surface area contributed by atoms with Gasteiger partial charge in [-0.05, 0) is 288 Å². The van der Waals surface area contributed by atoms with Crippen molar-refractivity contribution in [3.8, 4) is 0 Å². The van der Waals surface area contributed by atoms with Crippen molar-refractivity contribution in [2.24, 2.45) is 23.0 Å². The average molecular weight is 1910 g/mol. The summed E-state index contributed by atoms with van der Waals surface area (Å²) in [4.78, 5) is 67.5. The zero-order chi connectivity index (χ0) is 102. The topological polar surface area (TPSA) is 265 Å². The Hall–Kier alpha value is -13.3. The number of hydrogen-bond acceptors (Lipinski definition) is 15. The van der Waals surface area contributed by atoms with Gasteiger partial charge >= 0.3 is 6.09 Å². The number of pyridine rings is 6. The number of aryl methyl sites for hydroxylation is 20. The van der Waals surface area contributed by atoms with E-state index in [0.717, 1.165) is 150 Å². The van der Waals surface area contributed by atoms with E-state index in [0.29, 0.717) is 30.6 Å². The summed E-state index contributed by atoms with van der Waals surface area (Å²) >= 11 is 0. The molecule has 0 spiro atoms. The van der Waals surface area contributed by atoms with Gasteiger partial charge < -0.3 is 52.8 Å². The molecule has 0 saturated heterocycles. The normalized spacial score (nSPS) is 12.7. The fourth-order valence-corrected chi connectivity index (χ4v) is 20.3. The van der Waals surface area contributed by atoms with Crippen LogP contribution in [0.15, 0.2) is 187 Å². The van der Waals surface area contributed by atoms with E-state index in [1.165, 1.54) is 164 Å². The number of carbonyl (C=O) groups excluding carboxylic acids is 3. The molecule has 22 heteroatoms. The standard InChI is InChI=1S/C25H34N2O.C21H27N3O2.C19H20N4O.C19H22N2O.C18H23N3.C18H22N2O/c1-7-8-17(2)16-23(28)25(5,6)12-14-27-22-15-18(3)9-10-20(22)21-11-13-26-19(4)24(21)27;1-14-7-8-16-17-9-11-22-15(2)19(17)24(18(16)13-14)12-6-10-23-20(25)26-21(3,4)5;1-12-6-7-15-16-8-9-20-13(2)19(16)23(17(15)11-12)10-4-5-18-21-14(3)24-22-18;1-12-5-6-16-17-7-9-20-14(3)19(17)21(18(16)11-12)10-8-13(2)15(4)22;1-12-6-7-15-16-8-9-20-14(3)18(16)21(17(15)11-12)10-4-5-13(2)19;1-12-6-7-15-16-8-9-19-14(3)18(16)20(17(15)11-12)10-4-5-13(2)21/h9-11,13,15,17H,7-8,12,14,16H2,1-6H3;7-9,11,13H,6,10,12H2,1-5H3,(H,23,25);6-9,11H,4-5,10H2,1-3H3;5-7,9,11,13H,8,10H2,1-4H3;6-9,11,13H,4-5,10,19H2,1-3H3;6-9,11,13,21H,4-5,10H2,1-3H3. The SMILES string of the molecule is CC(=O)C(C)CCn1c2cc(C)ccc2c2ccnc(C)c21.CCCC(C)CC(=O)C(C)(C)CCn1c2cc(C)ccc2c2ccnc(C)c21.Cc1ccc2c3ccnc(C)c3n(CCCC(C)N)c2c1.Cc1ccc2c3ccnc(C)c3n(CCCC(C)O)c2c1.Cc1ccc2c3ccnc(C)c3n(CCCNC(=O)OC(C)(C)C)c2c1.Cc1ccc2c3ccnc(C)c3n(CCCc3noc(C)n3)c2c1. The molecule has 19 rings (SSSR count). The van der Waals surface area contributed by atoms with E-state index in [1.807, 2.05) is 85.6 Å². The minimum absolute atomic E-state index is 0.0919. The molecule has 0 fully saturated rings. The van der Waals surface area contributed by atoms with Gasteiger partial charge in [-0.15, -0.1) is 0 Å². The summed E-state index contributed by atoms with van der Waals surface area (Å²) in [5, 5.41) is 31.6. The lowest BCUT2D eigenvalue weighted by Crippen LogP contribution is -2.33. The molecule has 4 unspecified atom stereocenters. The molecule has 22 nitrogen and oxygen atoms in total. The van der Waals surface area contributed by atoms with Crippen molar-refractivity contribution in [1.82, 2.24) is 72.8 Å². The molecule has 4 atom stereocenters. The Kier molecular flexibility index (Phi) is 33.7. The Bertz CT molecular complexity index is 7610. The lowest BCUT2D eigenvalue weighted by molar-refractivity contribution is -0.128. The molecule has 0 aliphatic rings. The lowest BCUT2D eigenvalue weighted by atomic mass is 9.80. The van der Waals surface area contributed by atoms with Crippen LogP contribution in [0.2, 0.25) is 0 Å². The molecule has 0 bridgehead atoms. The number of aromatic nitrogens is 14. The number of nitrogens with one attached hydrogen (secondary N) is 1. The molecular weight excluding hydrogens is 1760 g/mol. The van der Waals surface area contributed by atoms with E-state index in [-0.39, 0.29) is 35.4 Å². The van der Waals surface area contributed by atoms with Crippen LogP contribution in [0.3, 0.4) is 0 Å². The molecule has 744 valence electrons. The van der Waals surface area contributed by atoms with Gasteiger partial charge in [0.15, 0.2) is 5.82 Å². The summed E-state index contributed by atoms with van der Waals surface area (Å²) in [7, 11) is 0. The number of ether oxygens (including phenoxy) is 1. The number of alkyl carbamates (subject to hydrolysis) is 1. The first-order chi connectivity index (χ1) is 67.8. The van der Waals surface area contributed by atoms with Crippen molar-refractivity contribution in [1.29, 1.82) is 0 Å². The third kappa shape index (κ3) is 24.2. The van der Waals surface area contributed by atoms with Crippen LogP contribution in [0.25, 0.3) is 131 Å². The van der Waals surface area contributed by atoms with E-state index < -0.39 is 5.60 Å². The molecule has 6 aromatic carbocycles.